The van der Waals surface area contributed by atoms with E-state index in [-0.39, 0.29) is 22.2 Å². The molecule has 0 unspecified atom stereocenters. The van der Waals surface area contributed by atoms with Crippen molar-refractivity contribution in [3.63, 3.8) is 0 Å². The van der Waals surface area contributed by atoms with Crippen molar-refractivity contribution in [1.82, 2.24) is 24.6 Å². The SMILES string of the molecule is Cn1ncc2c(N3CCN(C(=O)c4ccc(Cl)cc4[N+](=O)[O-])CC3)ncnc21. The summed E-state index contributed by atoms with van der Waals surface area (Å²) < 4.78 is 1.68. The van der Waals surface area contributed by atoms with Crippen LogP contribution in [-0.2, 0) is 7.05 Å². The van der Waals surface area contributed by atoms with E-state index in [1.807, 2.05) is 7.05 Å². The molecule has 0 aliphatic carbocycles. The fourth-order valence-electron chi connectivity index (χ4n) is 3.33. The van der Waals surface area contributed by atoms with Crippen molar-refractivity contribution in [2.75, 3.05) is 31.1 Å². The van der Waals surface area contributed by atoms with Gasteiger partial charge in [-0.15, -0.1) is 0 Å². The van der Waals surface area contributed by atoms with Crippen molar-refractivity contribution in [3.05, 3.63) is 51.4 Å². The van der Waals surface area contributed by atoms with Gasteiger partial charge in [0.15, 0.2) is 5.65 Å². The Kier molecular flexibility index (Phi) is 4.55. The lowest BCUT2D eigenvalue weighted by atomic mass is 10.1. The Morgan fingerprint density at radius 1 is 1.21 bits per heavy atom. The highest BCUT2D eigenvalue weighted by Gasteiger charge is 2.28. The molecule has 1 fully saturated rings. The van der Waals surface area contributed by atoms with Gasteiger partial charge < -0.3 is 9.80 Å². The van der Waals surface area contributed by atoms with Gasteiger partial charge >= 0.3 is 0 Å². The van der Waals surface area contributed by atoms with E-state index >= 15 is 0 Å². The first kappa shape index (κ1) is 18.1. The first-order valence-electron chi connectivity index (χ1n) is 8.56. The fraction of sp³-hybridized carbons (Fsp3) is 0.294. The second kappa shape index (κ2) is 7.04. The van der Waals surface area contributed by atoms with Crippen LogP contribution in [0.3, 0.4) is 0 Å². The standard InChI is InChI=1S/C17H16ClN7O3/c1-22-15-13(9-21-22)16(20-10-19-15)23-4-6-24(7-5-23)17(26)12-3-2-11(18)8-14(12)25(27)28/h2-3,8-10H,4-7H2,1H3. The highest BCUT2D eigenvalue weighted by atomic mass is 35.5. The summed E-state index contributed by atoms with van der Waals surface area (Å²) in [5.74, 6) is 0.389. The first-order valence-corrected chi connectivity index (χ1v) is 8.94. The highest BCUT2D eigenvalue weighted by molar-refractivity contribution is 6.31. The number of nitro groups is 1. The zero-order valence-corrected chi connectivity index (χ0v) is 15.7. The van der Waals surface area contributed by atoms with Crippen LogP contribution < -0.4 is 4.90 Å². The lowest BCUT2D eigenvalue weighted by molar-refractivity contribution is -0.385. The molecule has 3 aromatic rings. The predicted octanol–water partition coefficient (Wildman–Crippen LogP) is 1.89. The van der Waals surface area contributed by atoms with Gasteiger partial charge in [-0.25, -0.2) is 9.97 Å². The zero-order chi connectivity index (χ0) is 19.8. The number of amides is 1. The average Bonchev–Trinajstić information content (AvgIpc) is 3.09. The van der Waals surface area contributed by atoms with Crippen molar-refractivity contribution in [2.24, 2.45) is 7.05 Å². The Hall–Kier alpha value is -3.27. The number of aryl methyl sites for hydroxylation is 1. The number of aromatic nitrogens is 4. The molecule has 10 nitrogen and oxygen atoms in total. The molecule has 11 heteroatoms. The van der Waals surface area contributed by atoms with Gasteiger partial charge in [0.2, 0.25) is 0 Å². The first-order chi connectivity index (χ1) is 13.5. The Labute approximate surface area is 164 Å². The van der Waals surface area contributed by atoms with Crippen LogP contribution in [-0.4, -0.2) is 61.7 Å². The minimum Gasteiger partial charge on any atom is -0.352 e. The molecule has 1 aliphatic rings. The van der Waals surface area contributed by atoms with Crippen molar-refractivity contribution in [3.8, 4) is 0 Å². The maximum atomic E-state index is 12.8. The summed E-state index contributed by atoms with van der Waals surface area (Å²) in [6.07, 6.45) is 3.22. The number of halogens is 1. The summed E-state index contributed by atoms with van der Waals surface area (Å²) in [6, 6.07) is 4.09. The van der Waals surface area contributed by atoms with E-state index < -0.39 is 4.92 Å². The summed E-state index contributed by atoms with van der Waals surface area (Å²) >= 11 is 5.83. The Balaban J connectivity index is 1.53. The van der Waals surface area contributed by atoms with E-state index in [2.05, 4.69) is 20.0 Å². The predicted molar refractivity (Wildman–Crippen MR) is 103 cm³/mol. The molecule has 0 bridgehead atoms. The number of anilines is 1. The topological polar surface area (TPSA) is 110 Å². The van der Waals surface area contributed by atoms with Crippen molar-refractivity contribution in [2.45, 2.75) is 0 Å². The number of benzene rings is 1. The van der Waals surface area contributed by atoms with Gasteiger partial charge in [0.25, 0.3) is 11.6 Å². The second-order valence-electron chi connectivity index (χ2n) is 6.40. The van der Waals surface area contributed by atoms with E-state index in [0.29, 0.717) is 26.2 Å². The van der Waals surface area contributed by atoms with Crippen LogP contribution in [0.15, 0.2) is 30.7 Å². The van der Waals surface area contributed by atoms with Gasteiger partial charge in [0.05, 0.1) is 16.5 Å². The van der Waals surface area contributed by atoms with Crippen LogP contribution in [0.25, 0.3) is 11.0 Å². The van der Waals surface area contributed by atoms with Gasteiger partial charge in [-0.1, -0.05) is 11.6 Å². The normalized spacial score (nSPS) is 14.5. The summed E-state index contributed by atoms with van der Waals surface area (Å²) in [5, 5.41) is 16.6. The van der Waals surface area contributed by atoms with Crippen LogP contribution in [0.1, 0.15) is 10.4 Å². The number of carbonyl (C=O) groups excluding carboxylic acids is 1. The highest BCUT2D eigenvalue weighted by Crippen LogP contribution is 2.26. The van der Waals surface area contributed by atoms with Gasteiger partial charge in [-0.3, -0.25) is 19.6 Å². The molecular weight excluding hydrogens is 386 g/mol. The van der Waals surface area contributed by atoms with E-state index in [9.17, 15) is 14.9 Å². The number of rotatable bonds is 3. The maximum Gasteiger partial charge on any atom is 0.283 e. The lowest BCUT2D eigenvalue weighted by Gasteiger charge is -2.35. The molecule has 2 aromatic heterocycles. The lowest BCUT2D eigenvalue weighted by Crippen LogP contribution is -2.49. The summed E-state index contributed by atoms with van der Waals surface area (Å²) in [7, 11) is 1.81. The summed E-state index contributed by atoms with van der Waals surface area (Å²) in [6.45, 7) is 1.94. The minimum absolute atomic E-state index is 0.0412. The molecule has 0 spiro atoms. The van der Waals surface area contributed by atoms with Crippen LogP contribution in [0.4, 0.5) is 11.5 Å². The van der Waals surface area contributed by atoms with Crippen molar-refractivity contribution in [1.29, 1.82) is 0 Å². The molecular formula is C17H16ClN7O3. The molecule has 0 saturated carbocycles. The molecule has 4 rings (SSSR count). The van der Waals surface area contributed by atoms with Crippen LogP contribution >= 0.6 is 11.6 Å². The molecule has 0 radical (unpaired) electrons. The van der Waals surface area contributed by atoms with Crippen LogP contribution in [0, 0.1) is 10.1 Å². The smallest absolute Gasteiger partial charge is 0.283 e. The van der Waals surface area contributed by atoms with Crippen LogP contribution in [0.2, 0.25) is 5.02 Å². The number of hydrogen-bond donors (Lipinski definition) is 0. The van der Waals surface area contributed by atoms with E-state index in [1.54, 1.807) is 15.8 Å². The fourth-order valence-corrected chi connectivity index (χ4v) is 3.50. The molecule has 1 aromatic carbocycles. The third-order valence-electron chi connectivity index (χ3n) is 4.76. The van der Waals surface area contributed by atoms with Crippen molar-refractivity contribution < 1.29 is 9.72 Å². The molecule has 1 saturated heterocycles. The number of piperazine rings is 1. The quantitative estimate of drug-likeness (QED) is 0.486. The molecule has 28 heavy (non-hydrogen) atoms. The Morgan fingerprint density at radius 3 is 2.68 bits per heavy atom. The molecule has 1 amide bonds. The molecule has 1 aliphatic heterocycles. The molecule has 144 valence electrons. The van der Waals surface area contributed by atoms with E-state index in [1.165, 1.54) is 24.5 Å². The van der Waals surface area contributed by atoms with Crippen LogP contribution in [0.5, 0.6) is 0 Å². The van der Waals surface area contributed by atoms with E-state index in [4.69, 9.17) is 11.6 Å². The Bertz CT molecular complexity index is 1080. The molecule has 0 N–H and O–H groups in total. The van der Waals surface area contributed by atoms with E-state index in [0.717, 1.165) is 16.9 Å². The molecule has 0 atom stereocenters. The number of fused-ring (bicyclic) bond motifs is 1. The average molecular weight is 402 g/mol. The molecule has 3 heterocycles. The second-order valence-corrected chi connectivity index (χ2v) is 6.84. The summed E-state index contributed by atoms with van der Waals surface area (Å²) in [5.41, 5.74) is 0.493. The number of carbonyl (C=O) groups is 1. The summed E-state index contributed by atoms with van der Waals surface area (Å²) in [4.78, 5) is 35.8. The van der Waals surface area contributed by atoms with Gasteiger partial charge in [-0.05, 0) is 12.1 Å². The van der Waals surface area contributed by atoms with Crippen molar-refractivity contribution >= 4 is 40.0 Å². The third-order valence-corrected chi connectivity index (χ3v) is 5.00. The number of hydrogen-bond acceptors (Lipinski definition) is 7. The minimum atomic E-state index is -0.588. The largest absolute Gasteiger partial charge is 0.352 e. The third kappa shape index (κ3) is 3.11. The number of nitrogens with zero attached hydrogens (tertiary/aromatic N) is 7. The maximum absolute atomic E-state index is 12.8. The van der Waals surface area contributed by atoms with Gasteiger partial charge in [0.1, 0.15) is 17.7 Å². The monoisotopic (exact) mass is 401 g/mol. The van der Waals surface area contributed by atoms with Gasteiger partial charge in [-0.2, -0.15) is 5.10 Å². The Morgan fingerprint density at radius 2 is 1.96 bits per heavy atom. The number of nitro benzene ring substituents is 1. The zero-order valence-electron chi connectivity index (χ0n) is 14.9. The van der Waals surface area contributed by atoms with Gasteiger partial charge in [0, 0.05) is 44.3 Å².